The Morgan fingerprint density at radius 2 is 1.93 bits per heavy atom. The summed E-state index contributed by atoms with van der Waals surface area (Å²) in [6.45, 7) is 4.02. The highest BCUT2D eigenvalue weighted by molar-refractivity contribution is 6.63. The van der Waals surface area contributed by atoms with E-state index in [1.165, 1.54) is 0 Å². The third-order valence-electron chi connectivity index (χ3n) is 2.44. The lowest BCUT2D eigenvalue weighted by Gasteiger charge is -2.32. The van der Waals surface area contributed by atoms with Crippen LogP contribution in [-0.4, -0.2) is 29.1 Å². The molecule has 14 heavy (non-hydrogen) atoms. The molecular weight excluding hydrogens is 196 g/mol. The second-order valence-corrected chi connectivity index (χ2v) is 6.79. The van der Waals surface area contributed by atoms with E-state index >= 15 is 0 Å². The van der Waals surface area contributed by atoms with Crippen LogP contribution >= 0.6 is 0 Å². The average molecular weight is 216 g/mol. The molecule has 0 N–H and O–H groups in total. The van der Waals surface area contributed by atoms with Gasteiger partial charge in [-0.1, -0.05) is 12.2 Å². The van der Waals surface area contributed by atoms with Crippen molar-refractivity contribution in [3.63, 3.8) is 0 Å². The maximum Gasteiger partial charge on any atom is 0.507 e. The molecule has 1 aliphatic rings. The van der Waals surface area contributed by atoms with Gasteiger partial charge in [-0.2, -0.15) is 0 Å². The fraction of sp³-hybridized carbons (Fsp3) is 0.800. The topological polar surface area (TPSA) is 27.7 Å². The molecule has 0 fully saturated rings. The average Bonchev–Trinajstić information content (AvgIpc) is 2.67. The molecule has 0 bridgehead atoms. The molecule has 4 heteroatoms. The van der Waals surface area contributed by atoms with Crippen molar-refractivity contribution in [2.45, 2.75) is 38.3 Å². The lowest BCUT2D eigenvalue weighted by Crippen LogP contribution is -2.49. The van der Waals surface area contributed by atoms with E-state index in [9.17, 15) is 0 Å². The van der Waals surface area contributed by atoms with Gasteiger partial charge in [-0.15, -0.1) is 0 Å². The maximum atomic E-state index is 5.86. The van der Waals surface area contributed by atoms with E-state index in [1.807, 2.05) is 13.8 Å². The van der Waals surface area contributed by atoms with Crippen LogP contribution in [0.25, 0.3) is 0 Å². The summed E-state index contributed by atoms with van der Waals surface area (Å²) in [5, 5.41) is 0. The molecule has 82 valence electrons. The van der Waals surface area contributed by atoms with E-state index in [1.54, 1.807) is 14.2 Å². The van der Waals surface area contributed by atoms with E-state index < -0.39 is 8.80 Å². The predicted octanol–water partition coefficient (Wildman–Crippen LogP) is 2.36. The molecule has 1 aliphatic carbocycles. The molecule has 1 atom stereocenters. The van der Waals surface area contributed by atoms with Gasteiger partial charge in [0.2, 0.25) is 0 Å². The van der Waals surface area contributed by atoms with Gasteiger partial charge in [0.25, 0.3) is 0 Å². The lowest BCUT2D eigenvalue weighted by molar-refractivity contribution is 0.0641. The first-order valence-electron chi connectivity index (χ1n) is 5.09. The molecule has 0 aromatic rings. The predicted molar refractivity (Wildman–Crippen MR) is 58.1 cm³/mol. The first-order chi connectivity index (χ1) is 6.64. The van der Waals surface area contributed by atoms with E-state index in [0.717, 1.165) is 12.8 Å². The minimum Gasteiger partial charge on any atom is -0.376 e. The standard InChI is InChI=1S/C10H20O3Si/c1-9(2)13-14(11-3,12-4)10-7-5-6-8-10/h5,7,9-10H,6,8H2,1-4H3. The molecule has 3 nitrogen and oxygen atoms in total. The van der Waals surface area contributed by atoms with Crippen LogP contribution in [0.5, 0.6) is 0 Å². The Labute approximate surface area is 87.4 Å². The van der Waals surface area contributed by atoms with Crippen molar-refractivity contribution in [1.29, 1.82) is 0 Å². The Hall–Kier alpha value is -0.163. The summed E-state index contributed by atoms with van der Waals surface area (Å²) in [5.74, 6) is 0. The van der Waals surface area contributed by atoms with Crippen LogP contribution in [0.2, 0.25) is 5.54 Å². The highest BCUT2D eigenvalue weighted by atomic mass is 28.4. The fourth-order valence-corrected chi connectivity index (χ4v) is 4.51. The molecule has 0 spiro atoms. The Kier molecular flexibility index (Phi) is 4.31. The van der Waals surface area contributed by atoms with Gasteiger partial charge in [0.1, 0.15) is 0 Å². The normalized spacial score (nSPS) is 22.2. The second kappa shape index (κ2) is 5.07. The van der Waals surface area contributed by atoms with Crippen LogP contribution in [0.4, 0.5) is 0 Å². The van der Waals surface area contributed by atoms with E-state index in [-0.39, 0.29) is 6.10 Å². The highest BCUT2D eigenvalue weighted by Gasteiger charge is 2.48. The second-order valence-electron chi connectivity index (χ2n) is 3.79. The first kappa shape index (κ1) is 11.9. The number of allylic oxidation sites excluding steroid dienone is 2. The monoisotopic (exact) mass is 216 g/mol. The summed E-state index contributed by atoms with van der Waals surface area (Å²) in [4.78, 5) is 0. The van der Waals surface area contributed by atoms with Crippen molar-refractivity contribution in [3.05, 3.63) is 12.2 Å². The van der Waals surface area contributed by atoms with Gasteiger partial charge in [0.05, 0.1) is 0 Å². The number of hydrogen-bond acceptors (Lipinski definition) is 3. The molecule has 0 aromatic heterocycles. The van der Waals surface area contributed by atoms with E-state index in [0.29, 0.717) is 5.54 Å². The SMILES string of the molecule is CO[Si](OC)(OC(C)C)C1C=CCC1. The van der Waals surface area contributed by atoms with Gasteiger partial charge in [-0.05, 0) is 26.7 Å². The fourth-order valence-electron chi connectivity index (χ4n) is 1.83. The summed E-state index contributed by atoms with van der Waals surface area (Å²) in [6, 6.07) is 0. The van der Waals surface area contributed by atoms with Gasteiger partial charge in [0, 0.05) is 25.9 Å². The summed E-state index contributed by atoms with van der Waals surface area (Å²) < 4.78 is 16.9. The van der Waals surface area contributed by atoms with Crippen molar-refractivity contribution >= 4 is 8.80 Å². The third-order valence-corrected chi connectivity index (χ3v) is 5.76. The minimum atomic E-state index is -2.46. The van der Waals surface area contributed by atoms with Crippen LogP contribution in [0.15, 0.2) is 12.2 Å². The van der Waals surface area contributed by atoms with Crippen LogP contribution in [0.3, 0.4) is 0 Å². The Morgan fingerprint density at radius 1 is 1.29 bits per heavy atom. The van der Waals surface area contributed by atoms with Crippen LogP contribution < -0.4 is 0 Å². The minimum absolute atomic E-state index is 0.149. The van der Waals surface area contributed by atoms with Gasteiger partial charge >= 0.3 is 8.80 Å². The summed E-state index contributed by atoms with van der Waals surface area (Å²) in [6.07, 6.45) is 6.68. The number of rotatable bonds is 5. The zero-order valence-corrected chi connectivity index (χ0v) is 10.4. The molecular formula is C10H20O3Si. The van der Waals surface area contributed by atoms with Crippen LogP contribution in [0, 0.1) is 0 Å². The maximum absolute atomic E-state index is 5.86. The van der Waals surface area contributed by atoms with Crippen LogP contribution in [-0.2, 0) is 13.3 Å². The molecule has 0 saturated heterocycles. The Balaban J connectivity index is 2.73. The van der Waals surface area contributed by atoms with Crippen molar-refractivity contribution < 1.29 is 13.3 Å². The van der Waals surface area contributed by atoms with E-state index in [4.69, 9.17) is 13.3 Å². The molecule has 1 unspecified atom stereocenters. The van der Waals surface area contributed by atoms with Crippen molar-refractivity contribution in [2.24, 2.45) is 0 Å². The van der Waals surface area contributed by atoms with Crippen molar-refractivity contribution in [2.75, 3.05) is 14.2 Å². The van der Waals surface area contributed by atoms with Crippen molar-refractivity contribution in [3.8, 4) is 0 Å². The summed E-state index contributed by atoms with van der Waals surface area (Å²) in [5.41, 5.74) is 0.333. The zero-order chi connectivity index (χ0) is 10.6. The molecule has 0 amide bonds. The molecule has 0 heterocycles. The highest BCUT2D eigenvalue weighted by Crippen LogP contribution is 2.35. The third kappa shape index (κ3) is 2.45. The molecule has 0 radical (unpaired) electrons. The Bertz CT molecular complexity index is 200. The van der Waals surface area contributed by atoms with E-state index in [2.05, 4.69) is 12.2 Å². The lowest BCUT2D eigenvalue weighted by atomic mass is 10.4. The largest absolute Gasteiger partial charge is 0.507 e. The summed E-state index contributed by atoms with van der Waals surface area (Å²) in [7, 11) is 0.909. The van der Waals surface area contributed by atoms with Gasteiger partial charge in [-0.3, -0.25) is 0 Å². The van der Waals surface area contributed by atoms with Gasteiger partial charge in [0.15, 0.2) is 0 Å². The van der Waals surface area contributed by atoms with Crippen LogP contribution in [0.1, 0.15) is 26.7 Å². The van der Waals surface area contributed by atoms with Gasteiger partial charge in [-0.25, -0.2) is 0 Å². The molecule has 1 rings (SSSR count). The summed E-state index contributed by atoms with van der Waals surface area (Å²) >= 11 is 0. The molecule has 0 aromatic carbocycles. The van der Waals surface area contributed by atoms with Crippen molar-refractivity contribution in [1.82, 2.24) is 0 Å². The number of hydrogen-bond donors (Lipinski definition) is 0. The molecule has 0 saturated carbocycles. The Morgan fingerprint density at radius 3 is 2.29 bits per heavy atom. The first-order valence-corrected chi connectivity index (χ1v) is 6.89. The quantitative estimate of drug-likeness (QED) is 0.521. The molecule has 0 aliphatic heterocycles. The van der Waals surface area contributed by atoms with Gasteiger partial charge < -0.3 is 13.3 Å². The smallest absolute Gasteiger partial charge is 0.376 e. The zero-order valence-electron chi connectivity index (χ0n) is 9.45.